The maximum atomic E-state index is 6.70. The van der Waals surface area contributed by atoms with Gasteiger partial charge in [0.05, 0.1) is 23.0 Å². The quantitative estimate of drug-likeness (QED) is 0.602. The number of hydrogen-bond donors (Lipinski definition) is 1. The van der Waals surface area contributed by atoms with E-state index in [0.29, 0.717) is 16.6 Å². The van der Waals surface area contributed by atoms with E-state index in [1.807, 2.05) is 73.0 Å². The van der Waals surface area contributed by atoms with Crippen LogP contribution in [-0.2, 0) is 0 Å². The number of nitrogens with two attached hydrogens (primary N) is 1. The molecule has 0 bridgehead atoms. The number of aliphatic imine (C=N–C) groups is 2. The van der Waals surface area contributed by atoms with Crippen LogP contribution < -0.4 is 10.6 Å². The Bertz CT molecular complexity index is 1160. The monoisotopic (exact) mass is 387 g/mol. The van der Waals surface area contributed by atoms with Crippen molar-refractivity contribution in [3.05, 3.63) is 107 Å². The third-order valence-corrected chi connectivity index (χ3v) is 5.08. The van der Waals surface area contributed by atoms with E-state index in [1.165, 1.54) is 0 Å². The highest BCUT2D eigenvalue weighted by atomic mass is 35.5. The van der Waals surface area contributed by atoms with Gasteiger partial charge >= 0.3 is 0 Å². The van der Waals surface area contributed by atoms with Crippen molar-refractivity contribution in [2.45, 2.75) is 0 Å². The molecular formula is C22H16ClN4O+. The topological polar surface area (TPSA) is 60.0 Å². The molecule has 6 heteroatoms. The van der Waals surface area contributed by atoms with Crippen LogP contribution in [0.4, 0.5) is 0 Å². The van der Waals surface area contributed by atoms with E-state index in [9.17, 15) is 0 Å². The largest absolute Gasteiger partial charge is 0.456 e. The van der Waals surface area contributed by atoms with Gasteiger partial charge in [-0.2, -0.15) is 10.8 Å². The van der Waals surface area contributed by atoms with Crippen molar-refractivity contribution >= 4 is 23.7 Å². The van der Waals surface area contributed by atoms with Crippen LogP contribution in [0.25, 0.3) is 0 Å². The van der Waals surface area contributed by atoms with Crippen LogP contribution in [0.2, 0.25) is 5.02 Å². The number of quaternary nitrogens is 1. The summed E-state index contributed by atoms with van der Waals surface area (Å²) >= 11 is 6.51. The normalized spacial score (nSPS) is 21.9. The summed E-state index contributed by atoms with van der Waals surface area (Å²) in [6.45, 7) is 0. The zero-order chi connectivity index (χ0) is 19.1. The molecule has 1 atom stereocenters. The highest BCUT2D eigenvalue weighted by Crippen LogP contribution is 2.38. The number of rotatable bonds is 4. The summed E-state index contributed by atoms with van der Waals surface area (Å²) < 4.78 is 5.83. The molecule has 1 unspecified atom stereocenters. The van der Waals surface area contributed by atoms with E-state index < -0.39 is 0 Å². The molecule has 0 saturated carbocycles. The highest BCUT2D eigenvalue weighted by molar-refractivity contribution is 6.32. The van der Waals surface area contributed by atoms with Gasteiger partial charge in [-0.15, -0.1) is 4.59 Å². The van der Waals surface area contributed by atoms with Crippen LogP contribution in [0.1, 0.15) is 5.56 Å². The molecule has 3 aliphatic rings. The van der Waals surface area contributed by atoms with Gasteiger partial charge in [0, 0.05) is 5.57 Å². The molecule has 2 aromatic carbocycles. The fourth-order valence-corrected chi connectivity index (χ4v) is 3.50. The Kier molecular flexibility index (Phi) is 3.87. The summed E-state index contributed by atoms with van der Waals surface area (Å²) in [6, 6.07) is 15.1. The van der Waals surface area contributed by atoms with Crippen LogP contribution >= 0.6 is 11.6 Å². The molecular weight excluding hydrogens is 372 g/mol. The Hall–Kier alpha value is -3.25. The number of allylic oxidation sites excluding steroid dienone is 4. The van der Waals surface area contributed by atoms with E-state index in [4.69, 9.17) is 27.2 Å². The van der Waals surface area contributed by atoms with Gasteiger partial charge in [-0.05, 0) is 30.3 Å². The minimum absolute atomic E-state index is 0.0424. The van der Waals surface area contributed by atoms with E-state index in [0.717, 1.165) is 28.3 Å². The molecule has 0 radical (unpaired) electrons. The third-order valence-electron chi connectivity index (χ3n) is 4.78. The summed E-state index contributed by atoms with van der Waals surface area (Å²) in [4.78, 5) is 9.07. The van der Waals surface area contributed by atoms with Crippen molar-refractivity contribution in [1.82, 2.24) is 0 Å². The summed E-state index contributed by atoms with van der Waals surface area (Å²) in [6.07, 6.45) is 11.2. The minimum Gasteiger partial charge on any atom is -0.456 e. The Labute approximate surface area is 167 Å². The minimum atomic E-state index is -0.0424. The lowest BCUT2D eigenvalue weighted by atomic mass is 10.0. The van der Waals surface area contributed by atoms with Gasteiger partial charge in [-0.1, -0.05) is 48.0 Å². The zero-order valence-electron chi connectivity index (χ0n) is 14.8. The van der Waals surface area contributed by atoms with E-state index in [1.54, 1.807) is 12.4 Å². The Morgan fingerprint density at radius 1 is 1.07 bits per heavy atom. The van der Waals surface area contributed by atoms with Gasteiger partial charge in [0.25, 0.3) is 5.84 Å². The van der Waals surface area contributed by atoms with Crippen LogP contribution in [0.15, 0.2) is 106 Å². The molecule has 0 saturated heterocycles. The molecule has 2 heterocycles. The maximum Gasteiger partial charge on any atom is 0.265 e. The Balaban J connectivity index is 1.52. The molecule has 2 N–H and O–H groups in total. The standard InChI is InChI=1S/C22H16ClN4O/c23-18-13-16(9-10-20(18)28-17-7-2-1-3-8-17)22-26-21(15-5-4-6-15)19-14-25-11-12-27(19,22)24/h1-14H,24H2/q+1. The van der Waals surface area contributed by atoms with Crippen molar-refractivity contribution < 1.29 is 9.33 Å². The molecule has 0 aromatic heterocycles. The predicted molar refractivity (Wildman–Crippen MR) is 111 cm³/mol. The SMILES string of the molecule is N[N+]12C=CN=CC1=C(C1=CC=C1)N=C2c1ccc(Oc2ccccc2)c(Cl)c1. The van der Waals surface area contributed by atoms with Crippen LogP contribution in [-0.4, -0.2) is 16.6 Å². The van der Waals surface area contributed by atoms with Gasteiger partial charge in [0.15, 0.2) is 0 Å². The van der Waals surface area contributed by atoms with Crippen LogP contribution in [0.5, 0.6) is 11.5 Å². The Morgan fingerprint density at radius 3 is 2.61 bits per heavy atom. The molecule has 2 aliphatic heterocycles. The first-order chi connectivity index (χ1) is 13.6. The smallest absolute Gasteiger partial charge is 0.265 e. The predicted octanol–water partition coefficient (Wildman–Crippen LogP) is 4.85. The number of para-hydroxylation sites is 1. The number of hydrogen-bond acceptors (Lipinski definition) is 4. The average Bonchev–Trinajstić information content (AvgIpc) is 2.96. The summed E-state index contributed by atoms with van der Waals surface area (Å²) in [5, 5.41) is 0.489. The average molecular weight is 388 g/mol. The molecule has 1 aliphatic carbocycles. The molecule has 136 valence electrons. The second-order valence-electron chi connectivity index (χ2n) is 6.56. The first-order valence-electron chi connectivity index (χ1n) is 8.79. The fourth-order valence-electron chi connectivity index (χ4n) is 3.28. The Morgan fingerprint density at radius 2 is 1.89 bits per heavy atom. The fraction of sp³-hybridized carbons (Fsp3) is 0. The molecule has 0 spiro atoms. The first-order valence-corrected chi connectivity index (χ1v) is 9.17. The zero-order valence-corrected chi connectivity index (χ0v) is 15.5. The van der Waals surface area contributed by atoms with Crippen molar-refractivity contribution in [2.24, 2.45) is 15.8 Å². The lowest BCUT2D eigenvalue weighted by Crippen LogP contribution is -2.53. The number of fused-ring (bicyclic) bond motifs is 1. The lowest BCUT2D eigenvalue weighted by molar-refractivity contribution is -0.750. The molecule has 0 amide bonds. The van der Waals surface area contributed by atoms with Gasteiger partial charge in [-0.3, -0.25) is 4.99 Å². The summed E-state index contributed by atoms with van der Waals surface area (Å²) in [5.74, 6) is 8.69. The van der Waals surface area contributed by atoms with Gasteiger partial charge in [0.2, 0.25) is 5.70 Å². The van der Waals surface area contributed by atoms with Gasteiger partial charge < -0.3 is 4.74 Å². The number of ether oxygens (including phenoxy) is 1. The highest BCUT2D eigenvalue weighted by Gasteiger charge is 2.44. The molecule has 28 heavy (non-hydrogen) atoms. The lowest BCUT2D eigenvalue weighted by Gasteiger charge is -2.26. The molecule has 5 nitrogen and oxygen atoms in total. The summed E-state index contributed by atoms with van der Waals surface area (Å²) in [5.41, 5.74) is 3.52. The summed E-state index contributed by atoms with van der Waals surface area (Å²) in [7, 11) is 0. The van der Waals surface area contributed by atoms with E-state index >= 15 is 0 Å². The maximum absolute atomic E-state index is 6.70. The molecule has 5 rings (SSSR count). The van der Waals surface area contributed by atoms with E-state index in [2.05, 4.69) is 4.99 Å². The number of nitrogens with zero attached hydrogens (tertiary/aromatic N) is 3. The second-order valence-corrected chi connectivity index (χ2v) is 6.97. The van der Waals surface area contributed by atoms with Crippen molar-refractivity contribution in [3.8, 4) is 11.5 Å². The van der Waals surface area contributed by atoms with Crippen molar-refractivity contribution in [3.63, 3.8) is 0 Å². The molecule has 2 aromatic rings. The second kappa shape index (κ2) is 6.42. The molecule has 0 fully saturated rings. The number of amidine groups is 1. The van der Waals surface area contributed by atoms with Gasteiger partial charge in [0.1, 0.15) is 23.4 Å². The van der Waals surface area contributed by atoms with Crippen LogP contribution in [0, 0.1) is 0 Å². The number of halogens is 1. The third kappa shape index (κ3) is 2.65. The van der Waals surface area contributed by atoms with Gasteiger partial charge in [-0.25, -0.2) is 0 Å². The van der Waals surface area contributed by atoms with Crippen LogP contribution in [0.3, 0.4) is 0 Å². The first kappa shape index (κ1) is 16.9. The van der Waals surface area contributed by atoms with E-state index in [-0.39, 0.29) is 4.59 Å². The van der Waals surface area contributed by atoms with Crippen molar-refractivity contribution in [1.29, 1.82) is 0 Å². The van der Waals surface area contributed by atoms with Crippen molar-refractivity contribution in [2.75, 3.05) is 0 Å². The number of benzene rings is 2.